The lowest BCUT2D eigenvalue weighted by molar-refractivity contribution is 0.110. The van der Waals surface area contributed by atoms with Crippen LogP contribution in [-0.4, -0.2) is 52.3 Å². The molecule has 0 unspecified atom stereocenters. The van der Waals surface area contributed by atoms with Crippen LogP contribution in [0.5, 0.6) is 6.01 Å². The van der Waals surface area contributed by atoms with Gasteiger partial charge < -0.3 is 14.4 Å². The standard InChI is InChI=1S/C17H21N5O2/c1-12-3-7-20-17(21-12)23-8-4-13-11-24-15-10-22(9-14(13)15)16-18-5-2-6-19-16/h2-3,5-7,13-15H,4,8-11H2,1H3/t13-,14-,15-/m1/s1. The minimum absolute atomic E-state index is 0.272. The van der Waals surface area contributed by atoms with Crippen molar-refractivity contribution in [2.75, 3.05) is 31.2 Å². The Hall–Kier alpha value is -2.28. The first-order chi connectivity index (χ1) is 11.8. The second-order valence-corrected chi connectivity index (χ2v) is 6.37. The highest BCUT2D eigenvalue weighted by atomic mass is 16.5. The molecular formula is C17H21N5O2. The highest BCUT2D eigenvalue weighted by Gasteiger charge is 2.44. The number of aromatic nitrogens is 4. The van der Waals surface area contributed by atoms with Crippen molar-refractivity contribution in [3.05, 3.63) is 36.4 Å². The molecule has 0 bridgehead atoms. The maximum Gasteiger partial charge on any atom is 0.316 e. The van der Waals surface area contributed by atoms with Crippen LogP contribution in [0.2, 0.25) is 0 Å². The van der Waals surface area contributed by atoms with Gasteiger partial charge in [0.25, 0.3) is 0 Å². The molecule has 0 spiro atoms. The molecule has 126 valence electrons. The zero-order chi connectivity index (χ0) is 16.4. The van der Waals surface area contributed by atoms with E-state index in [1.807, 2.05) is 19.1 Å². The topological polar surface area (TPSA) is 73.3 Å². The summed E-state index contributed by atoms with van der Waals surface area (Å²) in [5.41, 5.74) is 0.915. The van der Waals surface area contributed by atoms with Gasteiger partial charge >= 0.3 is 6.01 Å². The van der Waals surface area contributed by atoms with Crippen LogP contribution in [0.3, 0.4) is 0 Å². The smallest absolute Gasteiger partial charge is 0.316 e. The van der Waals surface area contributed by atoms with E-state index in [4.69, 9.17) is 9.47 Å². The summed E-state index contributed by atoms with van der Waals surface area (Å²) in [4.78, 5) is 19.3. The molecule has 7 nitrogen and oxygen atoms in total. The number of anilines is 1. The molecule has 4 rings (SSSR count). The van der Waals surface area contributed by atoms with Crippen molar-refractivity contribution >= 4 is 5.95 Å². The second-order valence-electron chi connectivity index (χ2n) is 6.37. The van der Waals surface area contributed by atoms with Crippen LogP contribution < -0.4 is 9.64 Å². The van der Waals surface area contributed by atoms with Crippen molar-refractivity contribution in [2.24, 2.45) is 11.8 Å². The molecule has 0 aromatic carbocycles. The van der Waals surface area contributed by atoms with E-state index in [0.29, 0.717) is 24.5 Å². The SMILES string of the molecule is Cc1ccnc(OCC[C@@H]2CO[C@@H]3CN(c4ncccn4)C[C@H]23)n1. The first-order valence-electron chi connectivity index (χ1n) is 8.35. The average Bonchev–Trinajstić information content (AvgIpc) is 3.17. The van der Waals surface area contributed by atoms with Crippen molar-refractivity contribution in [3.8, 4) is 6.01 Å². The quantitative estimate of drug-likeness (QED) is 0.824. The second kappa shape index (κ2) is 6.68. The van der Waals surface area contributed by atoms with Gasteiger partial charge in [0.1, 0.15) is 0 Å². The molecule has 0 amide bonds. The Kier molecular flexibility index (Phi) is 4.25. The van der Waals surface area contributed by atoms with Gasteiger partial charge in [-0.05, 0) is 31.4 Å². The largest absolute Gasteiger partial charge is 0.463 e. The van der Waals surface area contributed by atoms with Crippen molar-refractivity contribution in [1.82, 2.24) is 19.9 Å². The molecule has 0 radical (unpaired) electrons. The maximum atomic E-state index is 5.98. The van der Waals surface area contributed by atoms with E-state index >= 15 is 0 Å². The van der Waals surface area contributed by atoms with Crippen molar-refractivity contribution in [3.63, 3.8) is 0 Å². The Balaban J connectivity index is 1.31. The lowest BCUT2D eigenvalue weighted by Gasteiger charge is -2.19. The fourth-order valence-electron chi connectivity index (χ4n) is 3.51. The highest BCUT2D eigenvalue weighted by molar-refractivity contribution is 5.32. The van der Waals surface area contributed by atoms with Crippen LogP contribution in [0.15, 0.2) is 30.7 Å². The Morgan fingerprint density at radius 1 is 1.21 bits per heavy atom. The number of rotatable bonds is 5. The van der Waals surface area contributed by atoms with E-state index in [2.05, 4.69) is 24.8 Å². The molecular weight excluding hydrogens is 306 g/mol. The first-order valence-corrected chi connectivity index (χ1v) is 8.35. The average molecular weight is 327 g/mol. The Bertz CT molecular complexity index is 684. The van der Waals surface area contributed by atoms with E-state index in [0.717, 1.165) is 37.8 Å². The minimum Gasteiger partial charge on any atom is -0.463 e. The summed E-state index contributed by atoms with van der Waals surface area (Å²) in [5.74, 6) is 1.79. The molecule has 24 heavy (non-hydrogen) atoms. The summed E-state index contributed by atoms with van der Waals surface area (Å²) in [6.45, 7) is 5.16. The molecule has 0 aliphatic carbocycles. The number of nitrogens with zero attached hydrogens (tertiary/aromatic N) is 5. The van der Waals surface area contributed by atoms with E-state index in [1.165, 1.54) is 0 Å². The van der Waals surface area contributed by atoms with Gasteiger partial charge in [0, 0.05) is 43.3 Å². The van der Waals surface area contributed by atoms with Gasteiger partial charge in [-0.2, -0.15) is 0 Å². The van der Waals surface area contributed by atoms with Gasteiger partial charge in [-0.1, -0.05) is 0 Å². The summed E-state index contributed by atoms with van der Waals surface area (Å²) in [7, 11) is 0. The number of hydrogen-bond donors (Lipinski definition) is 0. The Morgan fingerprint density at radius 2 is 2.08 bits per heavy atom. The zero-order valence-electron chi connectivity index (χ0n) is 13.7. The fraction of sp³-hybridized carbons (Fsp3) is 0.529. The summed E-state index contributed by atoms with van der Waals surface area (Å²) < 4.78 is 11.7. The fourth-order valence-corrected chi connectivity index (χ4v) is 3.51. The summed E-state index contributed by atoms with van der Waals surface area (Å²) >= 11 is 0. The molecule has 0 saturated carbocycles. The molecule has 2 aromatic rings. The third-order valence-electron chi connectivity index (χ3n) is 4.77. The normalized spacial score (nSPS) is 25.7. The predicted octanol–water partition coefficient (Wildman–Crippen LogP) is 1.50. The number of hydrogen-bond acceptors (Lipinski definition) is 7. The van der Waals surface area contributed by atoms with Gasteiger partial charge in [0.15, 0.2) is 0 Å². The molecule has 3 atom stereocenters. The Morgan fingerprint density at radius 3 is 2.92 bits per heavy atom. The lowest BCUT2D eigenvalue weighted by atomic mass is 9.91. The Labute approximate surface area is 141 Å². The minimum atomic E-state index is 0.272. The third kappa shape index (κ3) is 3.17. The third-order valence-corrected chi connectivity index (χ3v) is 4.77. The molecule has 2 aliphatic rings. The summed E-state index contributed by atoms with van der Waals surface area (Å²) in [6, 6.07) is 4.15. The van der Waals surface area contributed by atoms with Crippen LogP contribution in [0, 0.1) is 18.8 Å². The van der Waals surface area contributed by atoms with Crippen molar-refractivity contribution in [1.29, 1.82) is 0 Å². The van der Waals surface area contributed by atoms with E-state index in [1.54, 1.807) is 18.6 Å². The van der Waals surface area contributed by atoms with Crippen LogP contribution in [0.25, 0.3) is 0 Å². The van der Waals surface area contributed by atoms with Crippen LogP contribution in [-0.2, 0) is 4.74 Å². The number of aryl methyl sites for hydroxylation is 1. The van der Waals surface area contributed by atoms with Gasteiger partial charge in [0.2, 0.25) is 5.95 Å². The highest BCUT2D eigenvalue weighted by Crippen LogP contribution is 2.36. The molecule has 2 aromatic heterocycles. The zero-order valence-corrected chi connectivity index (χ0v) is 13.7. The summed E-state index contributed by atoms with van der Waals surface area (Å²) in [6.07, 6.45) is 6.51. The molecule has 2 saturated heterocycles. The van der Waals surface area contributed by atoms with E-state index < -0.39 is 0 Å². The molecule has 2 fully saturated rings. The predicted molar refractivity (Wildman–Crippen MR) is 87.8 cm³/mol. The lowest BCUT2D eigenvalue weighted by Crippen LogP contribution is -2.26. The molecule has 4 heterocycles. The molecule has 0 N–H and O–H groups in total. The monoisotopic (exact) mass is 327 g/mol. The van der Waals surface area contributed by atoms with Gasteiger partial charge in [-0.25, -0.2) is 19.9 Å². The van der Waals surface area contributed by atoms with Crippen LogP contribution in [0.1, 0.15) is 12.1 Å². The molecule has 2 aliphatic heterocycles. The number of ether oxygens (including phenoxy) is 2. The van der Waals surface area contributed by atoms with Gasteiger partial charge in [-0.3, -0.25) is 0 Å². The maximum absolute atomic E-state index is 5.98. The van der Waals surface area contributed by atoms with Crippen LogP contribution >= 0.6 is 0 Å². The first kappa shape index (κ1) is 15.3. The van der Waals surface area contributed by atoms with E-state index in [-0.39, 0.29) is 6.10 Å². The van der Waals surface area contributed by atoms with Crippen LogP contribution in [0.4, 0.5) is 5.95 Å². The van der Waals surface area contributed by atoms with Gasteiger partial charge in [-0.15, -0.1) is 0 Å². The number of fused-ring (bicyclic) bond motifs is 1. The van der Waals surface area contributed by atoms with Crippen molar-refractivity contribution in [2.45, 2.75) is 19.4 Å². The van der Waals surface area contributed by atoms with Gasteiger partial charge in [0.05, 0.1) is 19.3 Å². The van der Waals surface area contributed by atoms with E-state index in [9.17, 15) is 0 Å². The van der Waals surface area contributed by atoms with Crippen molar-refractivity contribution < 1.29 is 9.47 Å². The summed E-state index contributed by atoms with van der Waals surface area (Å²) in [5, 5.41) is 0. The molecule has 7 heteroatoms.